The molecule has 8 rings (SSSR count). The fourth-order valence-corrected chi connectivity index (χ4v) is 8.33. The van der Waals surface area contributed by atoms with Crippen molar-refractivity contribution in [1.29, 1.82) is 0 Å². The van der Waals surface area contributed by atoms with Gasteiger partial charge in [-0.3, -0.25) is 44.3 Å². The van der Waals surface area contributed by atoms with Crippen LogP contribution in [0.5, 0.6) is 0 Å². The van der Waals surface area contributed by atoms with Crippen molar-refractivity contribution < 1.29 is 24.0 Å². The summed E-state index contributed by atoms with van der Waals surface area (Å²) in [6, 6.07) is 9.72. The van der Waals surface area contributed by atoms with Crippen LogP contribution >= 0.6 is 0 Å². The maximum atomic E-state index is 13.1. The Kier molecular flexibility index (Phi) is 10.2. The number of imide groups is 2. The third-order valence-corrected chi connectivity index (χ3v) is 11.4. The second kappa shape index (κ2) is 15.5. The number of carbonyl (C=O) groups is 5. The Morgan fingerprint density at radius 1 is 0.870 bits per heavy atom. The number of likely N-dealkylation sites (tertiary alicyclic amines) is 1. The highest BCUT2D eigenvalue weighted by molar-refractivity contribution is 6.22. The standard InChI is InChI=1S/C40H45N9O5/c50-35-9-8-28(38(52)46-35)29-19-30-31(40(54)47-39(30)53)20-33(29)42-14-3-1-2-7-36(51)48-17-12-26(13-18-48)49-23-25(21-44-49)34-22-43-32-6-4-5-27(37(32)45-34)24-10-15-41-16-11-24/h4-6,19-24,26,28,41-42H,1-3,7-18H2,(H,46,50,52)(H,47,53,54). The van der Waals surface area contributed by atoms with Crippen molar-refractivity contribution in [3.8, 4) is 11.3 Å². The van der Waals surface area contributed by atoms with E-state index < -0.39 is 23.6 Å². The minimum Gasteiger partial charge on any atom is -0.385 e. The fraction of sp³-hybridized carbons (Fsp3) is 0.450. The fourth-order valence-electron chi connectivity index (χ4n) is 8.33. The first kappa shape index (κ1) is 35.5. The second-order valence-electron chi connectivity index (χ2n) is 14.8. The molecule has 54 heavy (non-hydrogen) atoms. The first-order valence-corrected chi connectivity index (χ1v) is 19.2. The summed E-state index contributed by atoms with van der Waals surface area (Å²) in [6.07, 6.45) is 13.0. The van der Waals surface area contributed by atoms with Crippen LogP contribution in [0.1, 0.15) is 114 Å². The lowest BCUT2D eigenvalue weighted by molar-refractivity contribution is -0.134. The monoisotopic (exact) mass is 731 g/mol. The number of nitrogens with one attached hydrogen (secondary N) is 4. The normalized spacial score (nSPS) is 19.6. The van der Waals surface area contributed by atoms with Crippen LogP contribution in [0, 0.1) is 0 Å². The molecule has 3 fully saturated rings. The molecule has 0 radical (unpaired) electrons. The van der Waals surface area contributed by atoms with E-state index >= 15 is 0 Å². The Balaban J connectivity index is 0.808. The summed E-state index contributed by atoms with van der Waals surface area (Å²) in [7, 11) is 0. The van der Waals surface area contributed by atoms with Crippen LogP contribution in [0.25, 0.3) is 22.3 Å². The minimum absolute atomic E-state index is 0.160. The van der Waals surface area contributed by atoms with E-state index in [4.69, 9.17) is 15.1 Å². The van der Waals surface area contributed by atoms with Crippen LogP contribution in [0.15, 0.2) is 48.9 Å². The Morgan fingerprint density at radius 3 is 2.46 bits per heavy atom. The van der Waals surface area contributed by atoms with E-state index in [2.05, 4.69) is 39.6 Å². The Morgan fingerprint density at radius 2 is 1.67 bits per heavy atom. The summed E-state index contributed by atoms with van der Waals surface area (Å²) < 4.78 is 2.02. The van der Waals surface area contributed by atoms with Crippen molar-refractivity contribution >= 4 is 46.3 Å². The highest BCUT2D eigenvalue weighted by atomic mass is 16.2. The number of fused-ring (bicyclic) bond motifs is 2. The number of nitrogens with zero attached hydrogens (tertiary/aromatic N) is 5. The molecule has 14 heteroatoms. The molecule has 2 aromatic carbocycles. The van der Waals surface area contributed by atoms with E-state index in [1.54, 1.807) is 12.1 Å². The number of carbonyl (C=O) groups excluding carboxylic acids is 5. The van der Waals surface area contributed by atoms with Gasteiger partial charge in [-0.05, 0) is 93.3 Å². The molecule has 14 nitrogen and oxygen atoms in total. The average molecular weight is 732 g/mol. The van der Waals surface area contributed by atoms with Crippen LogP contribution < -0.4 is 21.3 Å². The lowest BCUT2D eigenvalue weighted by Crippen LogP contribution is -2.39. The molecular formula is C40H45N9O5. The zero-order valence-electron chi connectivity index (χ0n) is 30.2. The molecule has 3 saturated heterocycles. The van der Waals surface area contributed by atoms with Crippen molar-refractivity contribution in [3.05, 3.63) is 71.2 Å². The number of anilines is 1. The van der Waals surface area contributed by atoms with E-state index in [0.717, 1.165) is 80.3 Å². The van der Waals surface area contributed by atoms with Crippen LogP contribution in [0.3, 0.4) is 0 Å². The van der Waals surface area contributed by atoms with Crippen molar-refractivity contribution in [2.45, 2.75) is 82.1 Å². The molecule has 6 heterocycles. The molecule has 4 aliphatic heterocycles. The zero-order valence-corrected chi connectivity index (χ0v) is 30.2. The predicted octanol–water partition coefficient (Wildman–Crippen LogP) is 4.20. The molecule has 4 N–H and O–H groups in total. The maximum absolute atomic E-state index is 13.1. The molecule has 4 aliphatic rings. The van der Waals surface area contributed by atoms with Gasteiger partial charge in [0.1, 0.15) is 0 Å². The van der Waals surface area contributed by atoms with E-state index in [9.17, 15) is 24.0 Å². The number of unbranched alkanes of at least 4 members (excludes halogenated alkanes) is 2. The van der Waals surface area contributed by atoms with Crippen LogP contribution in [0.2, 0.25) is 0 Å². The smallest absolute Gasteiger partial charge is 0.259 e. The predicted molar refractivity (Wildman–Crippen MR) is 201 cm³/mol. The summed E-state index contributed by atoms with van der Waals surface area (Å²) in [4.78, 5) is 74.0. The molecule has 5 amide bonds. The van der Waals surface area contributed by atoms with Gasteiger partial charge in [0.15, 0.2) is 0 Å². The first-order chi connectivity index (χ1) is 26.3. The summed E-state index contributed by atoms with van der Waals surface area (Å²) in [5.74, 6) is -1.65. The van der Waals surface area contributed by atoms with Gasteiger partial charge in [-0.15, -0.1) is 0 Å². The highest BCUT2D eigenvalue weighted by Crippen LogP contribution is 2.35. The number of rotatable bonds is 11. The first-order valence-electron chi connectivity index (χ1n) is 19.2. The lowest BCUT2D eigenvalue weighted by Gasteiger charge is -2.32. The maximum Gasteiger partial charge on any atom is 0.259 e. The van der Waals surface area contributed by atoms with Crippen LogP contribution in [-0.2, 0) is 14.4 Å². The Bertz CT molecular complexity index is 2120. The largest absolute Gasteiger partial charge is 0.385 e. The minimum atomic E-state index is -0.604. The average Bonchev–Trinajstić information content (AvgIpc) is 3.80. The zero-order chi connectivity index (χ0) is 37.2. The quantitative estimate of drug-likeness (QED) is 0.129. The van der Waals surface area contributed by atoms with Crippen LogP contribution in [0.4, 0.5) is 5.69 Å². The van der Waals surface area contributed by atoms with E-state index in [1.807, 2.05) is 28.0 Å². The second-order valence-corrected chi connectivity index (χ2v) is 14.8. The van der Waals surface area contributed by atoms with Crippen molar-refractivity contribution in [2.24, 2.45) is 0 Å². The molecular weight excluding hydrogens is 686 g/mol. The van der Waals surface area contributed by atoms with Crippen LogP contribution in [-0.4, -0.2) is 86.9 Å². The summed E-state index contributed by atoms with van der Waals surface area (Å²) >= 11 is 0. The van der Waals surface area contributed by atoms with Gasteiger partial charge < -0.3 is 15.5 Å². The molecule has 0 saturated carbocycles. The SMILES string of the molecule is O=C1CCC(c2cc3c(cc2NCCCCCC(=O)N2CCC(n4cc(-c5cnc6cccc(C7CCNCC7)c6n5)cn4)CC2)C(=O)NC3=O)C(=O)N1. The van der Waals surface area contributed by atoms with Gasteiger partial charge >= 0.3 is 0 Å². The molecule has 280 valence electrons. The van der Waals surface area contributed by atoms with Gasteiger partial charge in [-0.25, -0.2) is 4.98 Å². The van der Waals surface area contributed by atoms with Crippen molar-refractivity contribution in [2.75, 3.05) is 38.0 Å². The van der Waals surface area contributed by atoms with Crippen molar-refractivity contribution in [3.63, 3.8) is 0 Å². The van der Waals surface area contributed by atoms with Crippen molar-refractivity contribution in [1.82, 2.24) is 40.6 Å². The number of benzene rings is 2. The van der Waals surface area contributed by atoms with Gasteiger partial charge in [0.2, 0.25) is 17.7 Å². The van der Waals surface area contributed by atoms with E-state index in [0.29, 0.717) is 49.6 Å². The van der Waals surface area contributed by atoms with E-state index in [1.165, 1.54) is 5.56 Å². The highest BCUT2D eigenvalue weighted by Gasteiger charge is 2.34. The Labute approximate surface area is 312 Å². The van der Waals surface area contributed by atoms with Gasteiger partial charge in [0.25, 0.3) is 11.8 Å². The number of amides is 5. The molecule has 1 unspecified atom stereocenters. The van der Waals surface area contributed by atoms with E-state index in [-0.39, 0.29) is 35.4 Å². The Hall–Kier alpha value is -5.50. The molecule has 0 spiro atoms. The number of hydrogen-bond donors (Lipinski definition) is 4. The van der Waals surface area contributed by atoms with Gasteiger partial charge in [0.05, 0.1) is 52.2 Å². The molecule has 0 bridgehead atoms. The van der Waals surface area contributed by atoms with Gasteiger partial charge in [0, 0.05) is 49.9 Å². The summed E-state index contributed by atoms with van der Waals surface area (Å²) in [5.41, 5.74) is 6.63. The third kappa shape index (κ3) is 7.34. The number of para-hydroxylation sites is 1. The summed E-state index contributed by atoms with van der Waals surface area (Å²) in [6.45, 7) is 3.98. The topological polar surface area (TPSA) is 180 Å². The molecule has 0 aliphatic carbocycles. The number of piperidine rings is 3. The van der Waals surface area contributed by atoms with Gasteiger partial charge in [-0.1, -0.05) is 18.6 Å². The third-order valence-electron chi connectivity index (χ3n) is 11.4. The lowest BCUT2D eigenvalue weighted by atomic mass is 9.87. The number of hydrogen-bond acceptors (Lipinski definition) is 10. The summed E-state index contributed by atoms with van der Waals surface area (Å²) in [5, 5.41) is 16.2. The molecule has 2 aromatic heterocycles. The molecule has 4 aromatic rings. The molecule has 1 atom stereocenters. The van der Waals surface area contributed by atoms with Gasteiger partial charge in [-0.2, -0.15) is 5.10 Å². The number of aromatic nitrogens is 4.